The second kappa shape index (κ2) is 7.17. The van der Waals surface area contributed by atoms with Gasteiger partial charge in [-0.05, 0) is 42.5 Å². The van der Waals surface area contributed by atoms with Crippen LogP contribution >= 0.6 is 23.8 Å². The summed E-state index contributed by atoms with van der Waals surface area (Å²) in [6, 6.07) is 9.58. The van der Waals surface area contributed by atoms with Gasteiger partial charge >= 0.3 is 5.97 Å². The van der Waals surface area contributed by atoms with Crippen molar-refractivity contribution in [2.45, 2.75) is 0 Å². The Hall–Kier alpha value is -2.51. The number of carbonyl (C=O) groups is 2. The maximum atomic E-state index is 13.5. The summed E-state index contributed by atoms with van der Waals surface area (Å²) in [7, 11) is 0. The smallest absolute Gasteiger partial charge is 0.337 e. The van der Waals surface area contributed by atoms with Crippen molar-refractivity contribution in [2.24, 2.45) is 0 Å². The van der Waals surface area contributed by atoms with Gasteiger partial charge in [0.25, 0.3) is 5.91 Å². The first-order valence-electron chi connectivity index (χ1n) is 6.28. The van der Waals surface area contributed by atoms with Crippen molar-refractivity contribution in [1.82, 2.24) is 5.32 Å². The molecule has 0 unspecified atom stereocenters. The molecule has 2 aromatic rings. The van der Waals surface area contributed by atoms with Crippen LogP contribution in [0, 0.1) is 5.82 Å². The third kappa shape index (κ3) is 4.24. The topological polar surface area (TPSA) is 78.4 Å². The van der Waals surface area contributed by atoms with Gasteiger partial charge in [0.2, 0.25) is 0 Å². The first-order valence-corrected chi connectivity index (χ1v) is 7.07. The summed E-state index contributed by atoms with van der Waals surface area (Å²) < 4.78 is 13.5. The molecule has 0 radical (unpaired) electrons. The summed E-state index contributed by atoms with van der Waals surface area (Å²) in [5.74, 6) is -2.52. The molecule has 0 bridgehead atoms. The number of carboxylic acids is 1. The van der Waals surface area contributed by atoms with Crippen LogP contribution in [0.3, 0.4) is 0 Å². The molecule has 0 aliphatic heterocycles. The number of halogens is 2. The van der Waals surface area contributed by atoms with Crippen LogP contribution in [0.5, 0.6) is 0 Å². The molecule has 3 N–H and O–H groups in total. The van der Waals surface area contributed by atoms with Crippen molar-refractivity contribution in [2.75, 3.05) is 5.32 Å². The van der Waals surface area contributed by atoms with E-state index in [4.69, 9.17) is 28.9 Å². The molecule has 0 saturated heterocycles. The van der Waals surface area contributed by atoms with Gasteiger partial charge in [-0.3, -0.25) is 10.1 Å². The highest BCUT2D eigenvalue weighted by Gasteiger charge is 2.13. The number of aromatic carboxylic acids is 1. The van der Waals surface area contributed by atoms with E-state index in [9.17, 15) is 14.0 Å². The van der Waals surface area contributed by atoms with Crippen molar-refractivity contribution in [3.05, 3.63) is 64.4 Å². The Morgan fingerprint density at radius 2 is 1.83 bits per heavy atom. The molecule has 0 aliphatic carbocycles. The second-order valence-corrected chi connectivity index (χ2v) is 5.20. The van der Waals surface area contributed by atoms with E-state index in [2.05, 4.69) is 10.6 Å². The van der Waals surface area contributed by atoms with Crippen molar-refractivity contribution in [1.29, 1.82) is 0 Å². The van der Waals surface area contributed by atoms with E-state index in [1.54, 1.807) is 0 Å². The Morgan fingerprint density at radius 3 is 2.43 bits per heavy atom. The largest absolute Gasteiger partial charge is 0.478 e. The fourth-order valence-corrected chi connectivity index (χ4v) is 2.22. The highest BCUT2D eigenvalue weighted by atomic mass is 35.5. The lowest BCUT2D eigenvalue weighted by Gasteiger charge is -2.11. The number of amides is 1. The third-order valence-electron chi connectivity index (χ3n) is 2.80. The average molecular weight is 353 g/mol. The summed E-state index contributed by atoms with van der Waals surface area (Å²) >= 11 is 10.8. The van der Waals surface area contributed by atoms with Gasteiger partial charge in [-0.25, -0.2) is 9.18 Å². The molecular formula is C15H10ClFN2O3S. The van der Waals surface area contributed by atoms with Crippen LogP contribution in [0.1, 0.15) is 20.7 Å². The molecule has 0 heterocycles. The predicted molar refractivity (Wildman–Crippen MR) is 88.5 cm³/mol. The van der Waals surface area contributed by atoms with Crippen LogP contribution in [0.2, 0.25) is 5.02 Å². The van der Waals surface area contributed by atoms with E-state index in [-0.39, 0.29) is 21.3 Å². The molecule has 0 saturated carbocycles. The number of rotatable bonds is 3. The molecule has 0 aromatic heterocycles. The first-order chi connectivity index (χ1) is 10.9. The first kappa shape index (κ1) is 16.9. The molecule has 0 atom stereocenters. The molecule has 2 rings (SSSR count). The number of carbonyl (C=O) groups excluding carboxylic acids is 1. The Kier molecular flexibility index (Phi) is 5.25. The van der Waals surface area contributed by atoms with E-state index >= 15 is 0 Å². The molecule has 8 heteroatoms. The minimum Gasteiger partial charge on any atom is -0.478 e. The molecular weight excluding hydrogens is 343 g/mol. The van der Waals surface area contributed by atoms with Crippen molar-refractivity contribution >= 4 is 46.5 Å². The van der Waals surface area contributed by atoms with Crippen molar-refractivity contribution in [3.63, 3.8) is 0 Å². The maximum Gasteiger partial charge on any atom is 0.337 e. The van der Waals surface area contributed by atoms with Gasteiger partial charge in [0.15, 0.2) is 5.11 Å². The Morgan fingerprint density at radius 1 is 1.13 bits per heavy atom. The lowest BCUT2D eigenvalue weighted by atomic mass is 10.2. The maximum absolute atomic E-state index is 13.5. The number of anilines is 1. The lowest BCUT2D eigenvalue weighted by Crippen LogP contribution is -2.34. The zero-order valence-corrected chi connectivity index (χ0v) is 13.0. The highest BCUT2D eigenvalue weighted by molar-refractivity contribution is 7.80. The number of hydrogen-bond donors (Lipinski definition) is 3. The molecule has 2 aromatic carbocycles. The monoisotopic (exact) mass is 352 g/mol. The minimum absolute atomic E-state index is 0.0192. The Balaban J connectivity index is 2.05. The number of thiocarbonyl (C=S) groups is 1. The van der Waals surface area contributed by atoms with Crippen molar-refractivity contribution in [3.8, 4) is 0 Å². The zero-order chi connectivity index (χ0) is 17.0. The van der Waals surface area contributed by atoms with Gasteiger partial charge in [0.1, 0.15) is 5.82 Å². The number of hydrogen-bond acceptors (Lipinski definition) is 3. The van der Waals surface area contributed by atoms with E-state index in [0.29, 0.717) is 5.69 Å². The third-order valence-corrected chi connectivity index (χ3v) is 3.32. The quantitative estimate of drug-likeness (QED) is 0.739. The standard InChI is InChI=1S/C15H10ClFN2O3S/c16-11-7-8(5-6-9(11)14(21)22)18-15(23)19-13(20)10-3-1-2-4-12(10)17/h1-7H,(H,21,22)(H2,18,19,20,23). The molecule has 118 valence electrons. The Bertz CT molecular complexity index is 798. The van der Waals surface area contributed by atoms with Crippen LogP contribution in [-0.4, -0.2) is 22.1 Å². The molecule has 0 spiro atoms. The summed E-state index contributed by atoms with van der Waals surface area (Å²) in [6.07, 6.45) is 0. The van der Waals surface area contributed by atoms with Crippen LogP contribution in [0.25, 0.3) is 0 Å². The van der Waals surface area contributed by atoms with E-state index in [1.807, 2.05) is 0 Å². The van der Waals surface area contributed by atoms with Gasteiger partial charge in [0, 0.05) is 5.69 Å². The Labute approximate surface area is 141 Å². The second-order valence-electron chi connectivity index (χ2n) is 4.39. The van der Waals surface area contributed by atoms with E-state index in [0.717, 1.165) is 6.07 Å². The van der Waals surface area contributed by atoms with Crippen molar-refractivity contribution < 1.29 is 19.1 Å². The summed E-state index contributed by atoms with van der Waals surface area (Å²) in [5.41, 5.74) is 0.188. The number of carboxylic acid groups (broad SMARTS) is 1. The molecule has 1 amide bonds. The molecule has 0 aliphatic rings. The fourth-order valence-electron chi connectivity index (χ4n) is 1.74. The molecule has 0 fully saturated rings. The fraction of sp³-hybridized carbons (Fsp3) is 0. The number of benzene rings is 2. The summed E-state index contributed by atoms with van der Waals surface area (Å²) in [5, 5.41) is 13.8. The van der Waals surface area contributed by atoms with Crippen LogP contribution < -0.4 is 10.6 Å². The molecule has 5 nitrogen and oxygen atoms in total. The van der Waals surface area contributed by atoms with Crippen LogP contribution in [0.15, 0.2) is 42.5 Å². The predicted octanol–water partition coefficient (Wildman–Crippen LogP) is 3.30. The van der Waals surface area contributed by atoms with Gasteiger partial charge < -0.3 is 10.4 Å². The van der Waals surface area contributed by atoms with E-state index < -0.39 is 17.7 Å². The number of nitrogens with one attached hydrogen (secondary N) is 2. The van der Waals surface area contributed by atoms with Gasteiger partial charge in [-0.1, -0.05) is 23.7 Å². The SMILES string of the molecule is O=C(NC(=S)Nc1ccc(C(=O)O)c(Cl)c1)c1ccccc1F. The van der Waals surface area contributed by atoms with Gasteiger partial charge in [-0.2, -0.15) is 0 Å². The van der Waals surface area contributed by atoms with E-state index in [1.165, 1.54) is 36.4 Å². The van der Waals surface area contributed by atoms with Crippen LogP contribution in [-0.2, 0) is 0 Å². The summed E-state index contributed by atoms with van der Waals surface area (Å²) in [6.45, 7) is 0. The average Bonchev–Trinajstić information content (AvgIpc) is 2.47. The lowest BCUT2D eigenvalue weighted by molar-refractivity contribution is 0.0697. The minimum atomic E-state index is -1.16. The highest BCUT2D eigenvalue weighted by Crippen LogP contribution is 2.21. The van der Waals surface area contributed by atoms with Gasteiger partial charge in [-0.15, -0.1) is 0 Å². The zero-order valence-electron chi connectivity index (χ0n) is 11.5. The molecule has 23 heavy (non-hydrogen) atoms. The normalized spacial score (nSPS) is 10.0. The van der Waals surface area contributed by atoms with Gasteiger partial charge in [0.05, 0.1) is 16.1 Å². The van der Waals surface area contributed by atoms with Crippen LogP contribution in [0.4, 0.5) is 10.1 Å². The summed E-state index contributed by atoms with van der Waals surface area (Å²) in [4.78, 5) is 22.8.